The molecule has 0 bridgehead atoms. The number of nitrogens with one attached hydrogen (secondary N) is 2. The van der Waals surface area contributed by atoms with Crippen molar-refractivity contribution in [3.63, 3.8) is 0 Å². The number of amides is 2. The lowest BCUT2D eigenvalue weighted by Crippen LogP contribution is -2.22. The van der Waals surface area contributed by atoms with E-state index in [1.54, 1.807) is 31.2 Å². The van der Waals surface area contributed by atoms with E-state index in [2.05, 4.69) is 21.2 Å². The number of carbonyl (C=O) groups excluding carboxylic acids is 2. The van der Waals surface area contributed by atoms with E-state index in [-0.39, 0.29) is 5.56 Å². The molecule has 0 heterocycles. The third kappa shape index (κ3) is 6.07. The summed E-state index contributed by atoms with van der Waals surface area (Å²) in [5.74, 6) is -2.73. The highest BCUT2D eigenvalue weighted by molar-refractivity contribution is 9.10. The minimum absolute atomic E-state index is 0.280. The molecule has 2 aromatic rings. The van der Waals surface area contributed by atoms with Crippen molar-refractivity contribution in [3.8, 4) is 5.75 Å². The Morgan fingerprint density at radius 3 is 2.50 bits per heavy atom. The lowest BCUT2D eigenvalue weighted by molar-refractivity contribution is -0.124. The number of anilines is 1. The van der Waals surface area contributed by atoms with Gasteiger partial charge in [-0.05, 0) is 42.0 Å². The van der Waals surface area contributed by atoms with Crippen LogP contribution < -0.4 is 10.8 Å². The molecular weight excluding hydrogens is 435 g/mol. The molecule has 0 fully saturated rings. The number of carbonyl (C=O) groups is 2. The first-order chi connectivity index (χ1) is 13.3. The highest BCUT2D eigenvalue weighted by Crippen LogP contribution is 2.30. The number of ether oxygens (including phenoxy) is 1. The number of hydrogen-bond acceptors (Lipinski definition) is 5. The van der Waals surface area contributed by atoms with Crippen LogP contribution in [0, 0.1) is 11.7 Å². The van der Waals surface area contributed by atoms with Crippen LogP contribution in [0.15, 0.2) is 59.1 Å². The van der Waals surface area contributed by atoms with Gasteiger partial charge in [0.15, 0.2) is 11.6 Å². The number of halogens is 2. The number of rotatable bonds is 6. The first-order valence-corrected chi connectivity index (χ1v) is 8.93. The van der Waals surface area contributed by atoms with Crippen molar-refractivity contribution in [2.45, 2.75) is 13.0 Å². The molecule has 0 aliphatic heterocycles. The number of hydrogen-bond donors (Lipinski definition) is 4. The lowest BCUT2D eigenvalue weighted by atomic mass is 9.96. The fourth-order valence-electron chi connectivity index (χ4n) is 2.35. The molecule has 0 unspecified atom stereocenters. The Balaban J connectivity index is 2.22. The molecule has 0 aromatic heterocycles. The molecule has 0 saturated carbocycles. The molecule has 0 spiro atoms. The van der Waals surface area contributed by atoms with Gasteiger partial charge >= 0.3 is 6.09 Å². The van der Waals surface area contributed by atoms with Crippen molar-refractivity contribution in [2.75, 3.05) is 5.32 Å². The van der Waals surface area contributed by atoms with Crippen LogP contribution in [-0.2, 0) is 9.53 Å². The normalized spacial score (nSPS) is 13.0. The molecule has 2 aromatic carbocycles. The standard InChI is InChI=1S/C19H18BrFN2O5/c1-11(2-9-17(25)23-27)18(12-3-8-16(24)15(21)10-12)28-19(26)22-14-6-4-13(20)5-7-14/h2-11,18,24,27H,1H3,(H,22,26)(H,23,25)/b9-2+/t11-,18+/m0/s1. The van der Waals surface area contributed by atoms with Gasteiger partial charge in [-0.1, -0.05) is 35.0 Å². The molecule has 0 saturated heterocycles. The summed E-state index contributed by atoms with van der Waals surface area (Å²) in [6.45, 7) is 1.64. The van der Waals surface area contributed by atoms with Gasteiger partial charge in [-0.2, -0.15) is 0 Å². The van der Waals surface area contributed by atoms with E-state index < -0.39 is 35.6 Å². The summed E-state index contributed by atoms with van der Waals surface area (Å²) in [7, 11) is 0. The van der Waals surface area contributed by atoms with Crippen LogP contribution in [0.25, 0.3) is 0 Å². The Kier molecular flexibility index (Phi) is 7.53. The van der Waals surface area contributed by atoms with E-state index in [9.17, 15) is 19.1 Å². The van der Waals surface area contributed by atoms with Gasteiger partial charge in [0, 0.05) is 22.2 Å². The van der Waals surface area contributed by atoms with Crippen molar-refractivity contribution in [1.29, 1.82) is 0 Å². The molecule has 7 nitrogen and oxygen atoms in total. The smallest absolute Gasteiger partial charge is 0.412 e. The van der Waals surface area contributed by atoms with Gasteiger partial charge in [0.25, 0.3) is 5.91 Å². The number of hydroxylamine groups is 1. The molecule has 0 aliphatic carbocycles. The fourth-order valence-corrected chi connectivity index (χ4v) is 2.62. The zero-order valence-electron chi connectivity index (χ0n) is 14.7. The molecule has 0 radical (unpaired) electrons. The van der Waals surface area contributed by atoms with Crippen LogP contribution in [0.3, 0.4) is 0 Å². The summed E-state index contributed by atoms with van der Waals surface area (Å²) in [5, 5.41) is 20.5. The number of phenolic OH excluding ortho intramolecular Hbond substituents is 1. The lowest BCUT2D eigenvalue weighted by Gasteiger charge is -2.23. The molecule has 148 valence electrons. The summed E-state index contributed by atoms with van der Waals surface area (Å²) in [6.07, 6.45) is 0.708. The second-order valence-electron chi connectivity index (χ2n) is 5.86. The van der Waals surface area contributed by atoms with Gasteiger partial charge in [-0.25, -0.2) is 14.7 Å². The monoisotopic (exact) mass is 452 g/mol. The molecule has 9 heteroatoms. The van der Waals surface area contributed by atoms with Crippen LogP contribution in [-0.4, -0.2) is 22.3 Å². The largest absolute Gasteiger partial charge is 0.505 e. The first kappa shape index (κ1) is 21.4. The molecular formula is C19H18BrFN2O5. The third-order valence-corrected chi connectivity index (χ3v) is 4.29. The van der Waals surface area contributed by atoms with Crippen molar-refractivity contribution >= 4 is 33.6 Å². The molecule has 2 atom stereocenters. The minimum atomic E-state index is -0.965. The molecule has 28 heavy (non-hydrogen) atoms. The Hall–Kier alpha value is -2.91. The second kappa shape index (κ2) is 9.86. The number of phenols is 1. The van der Waals surface area contributed by atoms with E-state index in [1.807, 2.05) is 0 Å². The Bertz CT molecular complexity index is 873. The first-order valence-electron chi connectivity index (χ1n) is 8.14. The van der Waals surface area contributed by atoms with E-state index >= 15 is 0 Å². The van der Waals surface area contributed by atoms with Gasteiger partial charge in [0.1, 0.15) is 6.10 Å². The SMILES string of the molecule is C[C@@H](/C=C/C(=O)NO)[C@@H](OC(=O)Nc1ccc(Br)cc1)c1ccc(O)c(F)c1. The van der Waals surface area contributed by atoms with Gasteiger partial charge in [-0.15, -0.1) is 0 Å². The zero-order valence-corrected chi connectivity index (χ0v) is 16.3. The van der Waals surface area contributed by atoms with Gasteiger partial charge in [0.05, 0.1) is 0 Å². The van der Waals surface area contributed by atoms with Crippen LogP contribution >= 0.6 is 15.9 Å². The van der Waals surface area contributed by atoms with Crippen LogP contribution in [0.4, 0.5) is 14.9 Å². The van der Waals surface area contributed by atoms with Crippen molar-refractivity contribution in [2.24, 2.45) is 5.92 Å². The highest BCUT2D eigenvalue weighted by Gasteiger charge is 2.23. The Labute approximate surface area is 168 Å². The molecule has 4 N–H and O–H groups in total. The quantitative estimate of drug-likeness (QED) is 0.297. The molecule has 2 amide bonds. The average Bonchev–Trinajstić information content (AvgIpc) is 2.68. The van der Waals surface area contributed by atoms with Crippen molar-refractivity contribution in [1.82, 2.24) is 5.48 Å². The van der Waals surface area contributed by atoms with Gasteiger partial charge < -0.3 is 9.84 Å². The van der Waals surface area contributed by atoms with E-state index in [4.69, 9.17) is 9.94 Å². The molecule has 2 rings (SSSR count). The van der Waals surface area contributed by atoms with Crippen LogP contribution in [0.1, 0.15) is 18.6 Å². The van der Waals surface area contributed by atoms with Crippen molar-refractivity contribution in [3.05, 3.63) is 70.5 Å². The topological polar surface area (TPSA) is 108 Å². The Morgan fingerprint density at radius 2 is 1.89 bits per heavy atom. The van der Waals surface area contributed by atoms with Gasteiger partial charge in [-0.3, -0.25) is 15.3 Å². The minimum Gasteiger partial charge on any atom is -0.505 e. The predicted octanol–water partition coefficient (Wildman–Crippen LogP) is 4.28. The third-order valence-electron chi connectivity index (χ3n) is 3.76. The molecule has 0 aliphatic rings. The number of benzene rings is 2. The highest BCUT2D eigenvalue weighted by atomic mass is 79.9. The predicted molar refractivity (Wildman–Crippen MR) is 103 cm³/mol. The summed E-state index contributed by atoms with van der Waals surface area (Å²) in [4.78, 5) is 23.5. The summed E-state index contributed by atoms with van der Waals surface area (Å²) in [6, 6.07) is 10.4. The maximum Gasteiger partial charge on any atom is 0.412 e. The summed E-state index contributed by atoms with van der Waals surface area (Å²) in [5.41, 5.74) is 2.22. The summed E-state index contributed by atoms with van der Waals surface area (Å²) < 4.78 is 20.0. The maximum atomic E-state index is 13.8. The van der Waals surface area contributed by atoms with Crippen LogP contribution in [0.2, 0.25) is 0 Å². The van der Waals surface area contributed by atoms with Gasteiger partial charge in [0.2, 0.25) is 0 Å². The average molecular weight is 453 g/mol. The van der Waals surface area contributed by atoms with E-state index in [0.717, 1.165) is 22.7 Å². The van der Waals surface area contributed by atoms with E-state index in [1.165, 1.54) is 17.6 Å². The maximum absolute atomic E-state index is 13.8. The summed E-state index contributed by atoms with van der Waals surface area (Å²) >= 11 is 3.29. The van der Waals surface area contributed by atoms with Crippen molar-refractivity contribution < 1.29 is 29.0 Å². The Morgan fingerprint density at radius 1 is 1.21 bits per heavy atom. The van der Waals surface area contributed by atoms with E-state index in [0.29, 0.717) is 5.69 Å². The van der Waals surface area contributed by atoms with Crippen LogP contribution in [0.5, 0.6) is 5.75 Å². The zero-order chi connectivity index (χ0) is 20.7. The second-order valence-corrected chi connectivity index (χ2v) is 6.78. The fraction of sp³-hybridized carbons (Fsp3) is 0.158. The number of aromatic hydroxyl groups is 1.